The molecule has 3 nitrogen and oxygen atoms in total. The van der Waals surface area contributed by atoms with Gasteiger partial charge in [-0.3, -0.25) is 0 Å². The second kappa shape index (κ2) is 6.99. The Morgan fingerprint density at radius 1 is 1.44 bits per heavy atom. The molecular weight excluding hydrogens is 220 g/mol. The summed E-state index contributed by atoms with van der Waals surface area (Å²) >= 11 is 1.80. The lowest BCUT2D eigenvalue weighted by Gasteiger charge is -2.14. The Morgan fingerprint density at radius 2 is 2.19 bits per heavy atom. The zero-order chi connectivity index (χ0) is 12.0. The number of methoxy groups -OCH3 is 1. The largest absolute Gasteiger partial charge is 0.383 e. The molecule has 0 aliphatic carbocycles. The van der Waals surface area contributed by atoms with Gasteiger partial charge in [0.1, 0.15) is 0 Å². The minimum atomic E-state index is 0.465. The zero-order valence-electron chi connectivity index (χ0n) is 10.7. The van der Waals surface area contributed by atoms with Gasteiger partial charge in [-0.2, -0.15) is 0 Å². The highest BCUT2D eigenvalue weighted by atomic mass is 32.1. The number of ether oxygens (including phenoxy) is 1. The van der Waals surface area contributed by atoms with Gasteiger partial charge in [0, 0.05) is 31.0 Å². The van der Waals surface area contributed by atoms with Crippen LogP contribution >= 0.6 is 11.3 Å². The average Bonchev–Trinajstić information content (AvgIpc) is 2.57. The van der Waals surface area contributed by atoms with Gasteiger partial charge in [-0.25, -0.2) is 4.98 Å². The topological polar surface area (TPSA) is 34.1 Å². The summed E-state index contributed by atoms with van der Waals surface area (Å²) in [5.74, 6) is 0. The summed E-state index contributed by atoms with van der Waals surface area (Å²) in [6, 6.07) is 0.465. The summed E-state index contributed by atoms with van der Waals surface area (Å²) in [5.41, 5.74) is 1.17. The number of hydrogen-bond donors (Lipinski definition) is 1. The molecule has 92 valence electrons. The predicted molar refractivity (Wildman–Crippen MR) is 69.2 cm³/mol. The van der Waals surface area contributed by atoms with Crippen LogP contribution in [0.3, 0.4) is 0 Å². The molecule has 0 radical (unpaired) electrons. The van der Waals surface area contributed by atoms with Crippen molar-refractivity contribution in [2.24, 2.45) is 0 Å². The van der Waals surface area contributed by atoms with Crippen LogP contribution in [0.15, 0.2) is 0 Å². The quantitative estimate of drug-likeness (QED) is 0.797. The predicted octanol–water partition coefficient (Wildman–Crippen LogP) is 2.32. The van der Waals surface area contributed by atoms with Crippen LogP contribution in [0, 0.1) is 13.8 Å². The molecule has 1 heterocycles. The number of nitrogens with one attached hydrogen (secondary N) is 1. The molecule has 0 saturated carbocycles. The van der Waals surface area contributed by atoms with Gasteiger partial charge in [0.15, 0.2) is 0 Å². The second-order valence-electron chi connectivity index (χ2n) is 4.01. The normalized spacial score (nSPS) is 13.0. The summed E-state index contributed by atoms with van der Waals surface area (Å²) in [6.45, 7) is 8.14. The zero-order valence-corrected chi connectivity index (χ0v) is 11.5. The molecule has 4 heteroatoms. The lowest BCUT2D eigenvalue weighted by molar-refractivity contribution is 0.165. The molecule has 1 unspecified atom stereocenters. The van der Waals surface area contributed by atoms with Gasteiger partial charge in [-0.05, 0) is 20.3 Å². The lowest BCUT2D eigenvalue weighted by Crippen LogP contribution is -2.33. The van der Waals surface area contributed by atoms with Crippen LogP contribution in [-0.4, -0.2) is 31.3 Å². The molecule has 0 aliphatic heterocycles. The van der Waals surface area contributed by atoms with Gasteiger partial charge < -0.3 is 10.1 Å². The van der Waals surface area contributed by atoms with Gasteiger partial charge in [0.2, 0.25) is 0 Å². The first-order valence-corrected chi connectivity index (χ1v) is 6.64. The minimum absolute atomic E-state index is 0.465. The van der Waals surface area contributed by atoms with Gasteiger partial charge >= 0.3 is 0 Å². The number of thiazole rings is 1. The van der Waals surface area contributed by atoms with E-state index in [0.29, 0.717) is 6.04 Å². The van der Waals surface area contributed by atoms with Crippen molar-refractivity contribution in [3.8, 4) is 0 Å². The maximum absolute atomic E-state index is 5.15. The molecule has 1 aromatic rings. The Balaban J connectivity index is 2.29. The van der Waals surface area contributed by atoms with Gasteiger partial charge in [-0.15, -0.1) is 11.3 Å². The number of aryl methyl sites for hydroxylation is 2. The maximum Gasteiger partial charge on any atom is 0.0943 e. The van der Waals surface area contributed by atoms with Gasteiger partial charge in [0.25, 0.3) is 0 Å². The first-order valence-electron chi connectivity index (χ1n) is 5.82. The Bertz CT molecular complexity index is 292. The molecule has 1 rings (SSSR count). The van der Waals surface area contributed by atoms with E-state index in [-0.39, 0.29) is 0 Å². The summed E-state index contributed by atoms with van der Waals surface area (Å²) in [7, 11) is 1.75. The van der Waals surface area contributed by atoms with Crippen molar-refractivity contribution >= 4 is 11.3 Å². The van der Waals surface area contributed by atoms with E-state index in [0.717, 1.165) is 26.0 Å². The van der Waals surface area contributed by atoms with Crippen molar-refractivity contribution in [3.63, 3.8) is 0 Å². The summed E-state index contributed by atoms with van der Waals surface area (Å²) < 4.78 is 5.15. The second-order valence-corrected chi connectivity index (χ2v) is 5.30. The van der Waals surface area contributed by atoms with Gasteiger partial charge in [-0.1, -0.05) is 6.92 Å². The van der Waals surface area contributed by atoms with E-state index in [4.69, 9.17) is 4.74 Å². The first-order chi connectivity index (χ1) is 7.67. The Hall–Kier alpha value is -0.450. The smallest absolute Gasteiger partial charge is 0.0943 e. The molecular formula is C12H22N2OS. The van der Waals surface area contributed by atoms with E-state index in [1.165, 1.54) is 15.6 Å². The lowest BCUT2D eigenvalue weighted by atomic mass is 10.2. The third kappa shape index (κ3) is 4.20. The number of rotatable bonds is 7. The maximum atomic E-state index is 5.15. The Labute approximate surface area is 102 Å². The fourth-order valence-electron chi connectivity index (χ4n) is 1.55. The van der Waals surface area contributed by atoms with Crippen LogP contribution in [0.5, 0.6) is 0 Å². The first kappa shape index (κ1) is 13.6. The van der Waals surface area contributed by atoms with E-state index in [1.807, 2.05) is 0 Å². The SMILES string of the molecule is CCC(COC)NCCc1nc(C)c(C)s1. The molecule has 0 saturated heterocycles. The summed E-state index contributed by atoms with van der Waals surface area (Å²) in [5, 5.41) is 4.72. The highest BCUT2D eigenvalue weighted by molar-refractivity contribution is 7.11. The van der Waals surface area contributed by atoms with E-state index in [9.17, 15) is 0 Å². The molecule has 16 heavy (non-hydrogen) atoms. The van der Waals surface area contributed by atoms with Crippen molar-refractivity contribution in [1.82, 2.24) is 10.3 Å². The molecule has 0 spiro atoms. The van der Waals surface area contributed by atoms with Crippen LogP contribution in [0.2, 0.25) is 0 Å². The molecule has 1 aromatic heterocycles. The molecule has 0 fully saturated rings. The van der Waals surface area contributed by atoms with E-state index in [1.54, 1.807) is 18.4 Å². The van der Waals surface area contributed by atoms with E-state index in [2.05, 4.69) is 31.1 Å². The van der Waals surface area contributed by atoms with Crippen molar-refractivity contribution in [1.29, 1.82) is 0 Å². The monoisotopic (exact) mass is 242 g/mol. The molecule has 1 atom stereocenters. The van der Waals surface area contributed by atoms with Crippen molar-refractivity contribution in [3.05, 3.63) is 15.6 Å². The third-order valence-corrected chi connectivity index (χ3v) is 3.84. The highest BCUT2D eigenvalue weighted by Crippen LogP contribution is 2.16. The van der Waals surface area contributed by atoms with E-state index < -0.39 is 0 Å². The molecule has 1 N–H and O–H groups in total. The van der Waals surface area contributed by atoms with Crippen molar-refractivity contribution < 1.29 is 4.74 Å². The molecule has 0 amide bonds. The van der Waals surface area contributed by atoms with Gasteiger partial charge in [0.05, 0.1) is 17.3 Å². The number of nitrogens with zero attached hydrogens (tertiary/aromatic N) is 1. The Morgan fingerprint density at radius 3 is 2.69 bits per heavy atom. The van der Waals surface area contributed by atoms with Crippen LogP contribution in [0.4, 0.5) is 0 Å². The van der Waals surface area contributed by atoms with Crippen molar-refractivity contribution in [2.45, 2.75) is 39.7 Å². The van der Waals surface area contributed by atoms with Crippen LogP contribution < -0.4 is 5.32 Å². The molecule has 0 bridgehead atoms. The molecule has 0 aromatic carbocycles. The van der Waals surface area contributed by atoms with Crippen LogP contribution in [0.1, 0.15) is 28.9 Å². The number of aromatic nitrogens is 1. The summed E-state index contributed by atoms with van der Waals surface area (Å²) in [6.07, 6.45) is 2.11. The number of hydrogen-bond acceptors (Lipinski definition) is 4. The van der Waals surface area contributed by atoms with Crippen LogP contribution in [-0.2, 0) is 11.2 Å². The Kier molecular flexibility index (Phi) is 5.95. The van der Waals surface area contributed by atoms with Crippen LogP contribution in [0.25, 0.3) is 0 Å². The fourth-order valence-corrected chi connectivity index (χ4v) is 2.49. The minimum Gasteiger partial charge on any atom is -0.383 e. The average molecular weight is 242 g/mol. The third-order valence-electron chi connectivity index (χ3n) is 2.71. The fraction of sp³-hybridized carbons (Fsp3) is 0.750. The summed E-state index contributed by atoms with van der Waals surface area (Å²) in [4.78, 5) is 5.86. The highest BCUT2D eigenvalue weighted by Gasteiger charge is 2.06. The molecule has 0 aliphatic rings. The van der Waals surface area contributed by atoms with E-state index >= 15 is 0 Å². The van der Waals surface area contributed by atoms with Crippen molar-refractivity contribution in [2.75, 3.05) is 20.3 Å². The standard InChI is InChI=1S/C12H22N2OS/c1-5-11(8-15-4)13-7-6-12-14-9(2)10(3)16-12/h11,13H,5-8H2,1-4H3.